The second-order valence-corrected chi connectivity index (χ2v) is 3.84. The predicted molar refractivity (Wildman–Crippen MR) is 50.9 cm³/mol. The number of rotatable bonds is 1. The molecule has 0 aromatic heterocycles. The van der Waals surface area contributed by atoms with Gasteiger partial charge in [-0.1, -0.05) is 23.2 Å². The maximum atomic E-state index is 12.3. The SMILES string of the molecule is C[C@@H](c1cc(Cl)cc(Cl)c1)C(F)(F)F. The molecule has 0 unspecified atom stereocenters. The molecule has 0 heterocycles. The fourth-order valence-corrected chi connectivity index (χ4v) is 1.56. The van der Waals surface area contributed by atoms with E-state index in [1.165, 1.54) is 18.2 Å². The van der Waals surface area contributed by atoms with Crippen LogP contribution < -0.4 is 0 Å². The average molecular weight is 243 g/mol. The Kier molecular flexibility index (Phi) is 3.32. The van der Waals surface area contributed by atoms with Crippen molar-refractivity contribution in [2.24, 2.45) is 0 Å². The van der Waals surface area contributed by atoms with Crippen LogP contribution in [0, 0.1) is 0 Å². The molecule has 0 fully saturated rings. The fourth-order valence-electron chi connectivity index (χ4n) is 1.01. The Labute approximate surface area is 89.6 Å². The van der Waals surface area contributed by atoms with Crippen molar-refractivity contribution in [3.8, 4) is 0 Å². The van der Waals surface area contributed by atoms with E-state index in [1.807, 2.05) is 0 Å². The topological polar surface area (TPSA) is 0 Å². The van der Waals surface area contributed by atoms with Crippen LogP contribution in [0.2, 0.25) is 10.0 Å². The highest BCUT2D eigenvalue weighted by Gasteiger charge is 2.37. The first-order chi connectivity index (χ1) is 6.30. The lowest BCUT2D eigenvalue weighted by Crippen LogP contribution is -2.17. The summed E-state index contributed by atoms with van der Waals surface area (Å²) >= 11 is 11.2. The van der Waals surface area contributed by atoms with Gasteiger partial charge in [0.05, 0.1) is 5.92 Å². The van der Waals surface area contributed by atoms with Crippen molar-refractivity contribution in [2.45, 2.75) is 19.0 Å². The molecule has 0 saturated heterocycles. The quantitative estimate of drug-likeness (QED) is 0.672. The first-order valence-corrected chi connectivity index (χ1v) is 4.59. The van der Waals surface area contributed by atoms with Gasteiger partial charge >= 0.3 is 6.18 Å². The zero-order chi connectivity index (χ0) is 10.9. The highest BCUT2D eigenvalue weighted by molar-refractivity contribution is 6.34. The van der Waals surface area contributed by atoms with Gasteiger partial charge in [-0.15, -0.1) is 0 Å². The summed E-state index contributed by atoms with van der Waals surface area (Å²) in [7, 11) is 0. The van der Waals surface area contributed by atoms with E-state index in [4.69, 9.17) is 23.2 Å². The summed E-state index contributed by atoms with van der Waals surface area (Å²) in [6.45, 7) is 1.07. The zero-order valence-corrected chi connectivity index (χ0v) is 8.71. The summed E-state index contributed by atoms with van der Waals surface area (Å²) in [5.74, 6) is -1.56. The summed E-state index contributed by atoms with van der Waals surface area (Å²) in [5, 5.41) is 0.423. The minimum absolute atomic E-state index is 0.0787. The second kappa shape index (κ2) is 3.99. The highest BCUT2D eigenvalue weighted by Crippen LogP contribution is 2.36. The van der Waals surface area contributed by atoms with E-state index in [1.54, 1.807) is 0 Å². The molecule has 0 aliphatic heterocycles. The number of hydrogen-bond donors (Lipinski definition) is 0. The van der Waals surface area contributed by atoms with Crippen LogP contribution in [0.4, 0.5) is 13.2 Å². The first-order valence-electron chi connectivity index (χ1n) is 3.83. The second-order valence-electron chi connectivity index (χ2n) is 2.97. The molecule has 1 rings (SSSR count). The first kappa shape index (κ1) is 11.7. The van der Waals surface area contributed by atoms with E-state index in [2.05, 4.69) is 0 Å². The summed E-state index contributed by atoms with van der Waals surface area (Å²) in [6, 6.07) is 3.94. The zero-order valence-electron chi connectivity index (χ0n) is 7.20. The van der Waals surface area contributed by atoms with Gasteiger partial charge in [0, 0.05) is 10.0 Å². The van der Waals surface area contributed by atoms with Gasteiger partial charge in [-0.3, -0.25) is 0 Å². The normalized spacial score (nSPS) is 14.1. The third-order valence-electron chi connectivity index (χ3n) is 1.88. The van der Waals surface area contributed by atoms with Crippen molar-refractivity contribution in [3.63, 3.8) is 0 Å². The molecular weight excluding hydrogens is 236 g/mol. The van der Waals surface area contributed by atoms with Crippen LogP contribution in [-0.2, 0) is 0 Å². The molecule has 0 nitrogen and oxygen atoms in total. The molecular formula is C9H7Cl2F3. The molecule has 0 N–H and O–H groups in total. The average Bonchev–Trinajstić information content (AvgIpc) is 1.99. The molecule has 78 valence electrons. The lowest BCUT2D eigenvalue weighted by Gasteiger charge is -2.16. The van der Waals surface area contributed by atoms with Crippen molar-refractivity contribution in [3.05, 3.63) is 33.8 Å². The lowest BCUT2D eigenvalue weighted by molar-refractivity contribution is -0.146. The molecule has 0 spiro atoms. The summed E-state index contributed by atoms with van der Waals surface area (Å²) < 4.78 is 36.9. The molecule has 0 amide bonds. The van der Waals surface area contributed by atoms with Gasteiger partial charge in [0.1, 0.15) is 0 Å². The van der Waals surface area contributed by atoms with Crippen molar-refractivity contribution >= 4 is 23.2 Å². The van der Waals surface area contributed by atoms with Crippen LogP contribution in [0.1, 0.15) is 18.4 Å². The van der Waals surface area contributed by atoms with Gasteiger partial charge in [0.25, 0.3) is 0 Å². The molecule has 1 aromatic carbocycles. The number of hydrogen-bond acceptors (Lipinski definition) is 0. The fraction of sp³-hybridized carbons (Fsp3) is 0.333. The standard InChI is InChI=1S/C9H7Cl2F3/c1-5(9(12,13)14)6-2-7(10)4-8(11)3-6/h2-5H,1H3/t5-/m0/s1. The Balaban J connectivity index is 3.07. The monoisotopic (exact) mass is 242 g/mol. The number of halogens is 5. The highest BCUT2D eigenvalue weighted by atomic mass is 35.5. The molecule has 14 heavy (non-hydrogen) atoms. The maximum Gasteiger partial charge on any atom is 0.395 e. The summed E-state index contributed by atoms with van der Waals surface area (Å²) in [4.78, 5) is 0. The molecule has 0 aliphatic rings. The minimum atomic E-state index is -4.27. The molecule has 5 heteroatoms. The Hall–Kier alpha value is -0.410. The van der Waals surface area contributed by atoms with Gasteiger partial charge in [-0.25, -0.2) is 0 Å². The third kappa shape index (κ3) is 2.79. The van der Waals surface area contributed by atoms with Crippen LogP contribution in [-0.4, -0.2) is 6.18 Å². The Morgan fingerprint density at radius 1 is 1.07 bits per heavy atom. The Bertz CT molecular complexity index is 313. The maximum absolute atomic E-state index is 12.3. The lowest BCUT2D eigenvalue weighted by atomic mass is 10.0. The van der Waals surface area contributed by atoms with Crippen molar-refractivity contribution in [1.29, 1.82) is 0 Å². The van der Waals surface area contributed by atoms with Crippen molar-refractivity contribution in [1.82, 2.24) is 0 Å². The van der Waals surface area contributed by atoms with E-state index in [0.717, 1.165) is 6.92 Å². The molecule has 0 aliphatic carbocycles. The molecule has 0 bridgehead atoms. The number of alkyl halides is 3. The summed E-state index contributed by atoms with van der Waals surface area (Å²) in [5.41, 5.74) is 0.0787. The van der Waals surface area contributed by atoms with Gasteiger partial charge in [-0.2, -0.15) is 13.2 Å². The number of benzene rings is 1. The third-order valence-corrected chi connectivity index (χ3v) is 2.31. The molecule has 0 saturated carbocycles. The van der Waals surface area contributed by atoms with E-state index in [0.29, 0.717) is 0 Å². The van der Waals surface area contributed by atoms with E-state index >= 15 is 0 Å². The Morgan fingerprint density at radius 2 is 1.50 bits per heavy atom. The van der Waals surface area contributed by atoms with Gasteiger partial charge in [0.15, 0.2) is 0 Å². The molecule has 1 atom stereocenters. The van der Waals surface area contributed by atoms with Crippen LogP contribution >= 0.6 is 23.2 Å². The van der Waals surface area contributed by atoms with Crippen LogP contribution in [0.3, 0.4) is 0 Å². The summed E-state index contributed by atoms with van der Waals surface area (Å²) in [6.07, 6.45) is -4.27. The van der Waals surface area contributed by atoms with E-state index in [9.17, 15) is 13.2 Å². The van der Waals surface area contributed by atoms with Crippen molar-refractivity contribution < 1.29 is 13.2 Å². The van der Waals surface area contributed by atoms with Crippen LogP contribution in [0.5, 0.6) is 0 Å². The van der Waals surface area contributed by atoms with Crippen molar-refractivity contribution in [2.75, 3.05) is 0 Å². The van der Waals surface area contributed by atoms with Crippen LogP contribution in [0.25, 0.3) is 0 Å². The molecule has 1 aromatic rings. The predicted octanol–water partition coefficient (Wildman–Crippen LogP) is 4.66. The van der Waals surface area contributed by atoms with Gasteiger partial charge in [0.2, 0.25) is 0 Å². The largest absolute Gasteiger partial charge is 0.395 e. The van der Waals surface area contributed by atoms with Gasteiger partial charge in [-0.05, 0) is 30.7 Å². The van der Waals surface area contributed by atoms with E-state index in [-0.39, 0.29) is 15.6 Å². The minimum Gasteiger partial charge on any atom is -0.170 e. The van der Waals surface area contributed by atoms with Gasteiger partial charge < -0.3 is 0 Å². The Morgan fingerprint density at radius 3 is 1.86 bits per heavy atom. The van der Waals surface area contributed by atoms with Crippen LogP contribution in [0.15, 0.2) is 18.2 Å². The van der Waals surface area contributed by atoms with E-state index < -0.39 is 12.1 Å². The smallest absolute Gasteiger partial charge is 0.170 e. The molecule has 0 radical (unpaired) electrons.